The number of aliphatic hydroxyl groups excluding tert-OH is 2. The zero-order valence-electron chi connectivity index (χ0n) is 14.6. The summed E-state index contributed by atoms with van der Waals surface area (Å²) in [6, 6.07) is 18.7. The summed E-state index contributed by atoms with van der Waals surface area (Å²) in [7, 11) is 0. The van der Waals surface area contributed by atoms with Gasteiger partial charge in [0.25, 0.3) is 0 Å². The van der Waals surface area contributed by atoms with Crippen LogP contribution < -0.4 is 5.32 Å². The van der Waals surface area contributed by atoms with E-state index >= 15 is 0 Å². The minimum atomic E-state index is -0.758. The second-order valence-corrected chi connectivity index (χ2v) is 7.12. The van der Waals surface area contributed by atoms with Crippen molar-refractivity contribution in [1.82, 2.24) is 5.32 Å². The Labute approximate surface area is 149 Å². The van der Waals surface area contributed by atoms with Crippen molar-refractivity contribution < 1.29 is 10.2 Å². The topological polar surface area (TPSA) is 52.5 Å². The predicted octanol–water partition coefficient (Wildman–Crippen LogP) is 3.72. The first-order valence-electron chi connectivity index (χ1n) is 8.27. The predicted molar refractivity (Wildman–Crippen MR) is 101 cm³/mol. The van der Waals surface area contributed by atoms with Crippen LogP contribution in [0.1, 0.15) is 37.3 Å². The Morgan fingerprint density at radius 2 is 1.71 bits per heavy atom. The molecule has 2 rings (SSSR count). The van der Waals surface area contributed by atoms with E-state index in [1.54, 1.807) is 11.8 Å². The van der Waals surface area contributed by atoms with Gasteiger partial charge in [-0.05, 0) is 36.4 Å². The highest BCUT2D eigenvalue weighted by Gasteiger charge is 2.35. The summed E-state index contributed by atoms with van der Waals surface area (Å²) in [5, 5.41) is 22.7. The van der Waals surface area contributed by atoms with Crippen LogP contribution in [0.4, 0.5) is 0 Å². The smallest absolute Gasteiger partial charge is 0.107 e. The average molecular weight is 346 g/mol. The molecule has 2 aromatic carbocycles. The van der Waals surface area contributed by atoms with Crippen molar-refractivity contribution in [2.45, 2.75) is 42.8 Å². The molecule has 0 aliphatic heterocycles. The maximum atomic E-state index is 10.3. The van der Waals surface area contributed by atoms with Gasteiger partial charge in [0.2, 0.25) is 0 Å². The van der Waals surface area contributed by atoms with Crippen LogP contribution in [0.2, 0.25) is 0 Å². The zero-order valence-corrected chi connectivity index (χ0v) is 15.4. The van der Waals surface area contributed by atoms with Gasteiger partial charge in [-0.15, -0.1) is 11.8 Å². The van der Waals surface area contributed by atoms with Gasteiger partial charge >= 0.3 is 0 Å². The summed E-state index contributed by atoms with van der Waals surface area (Å²) in [5.41, 5.74) is 1.87. The minimum absolute atomic E-state index is 0.0463. The first kappa shape index (κ1) is 19.0. The Kier molecular flexibility index (Phi) is 6.87. The lowest BCUT2D eigenvalue weighted by Gasteiger charge is -2.39. The van der Waals surface area contributed by atoms with E-state index in [0.717, 1.165) is 5.56 Å². The van der Waals surface area contributed by atoms with Gasteiger partial charge in [-0.3, -0.25) is 5.32 Å². The van der Waals surface area contributed by atoms with Gasteiger partial charge in [0.15, 0.2) is 0 Å². The third-order valence-corrected chi connectivity index (χ3v) is 5.47. The molecule has 0 aliphatic carbocycles. The van der Waals surface area contributed by atoms with Crippen LogP contribution in [0.25, 0.3) is 0 Å². The van der Waals surface area contributed by atoms with Crippen LogP contribution in [0.3, 0.4) is 0 Å². The Hall–Kier alpha value is -1.33. The van der Waals surface area contributed by atoms with Gasteiger partial charge in [0.1, 0.15) is 6.23 Å². The molecule has 0 amide bonds. The highest BCUT2D eigenvalue weighted by Crippen LogP contribution is 2.37. The molecule has 0 heterocycles. The summed E-state index contributed by atoms with van der Waals surface area (Å²) in [6.07, 6.45) is 1.61. The molecule has 0 bridgehead atoms. The Morgan fingerprint density at radius 1 is 1.08 bits per heavy atom. The van der Waals surface area contributed by atoms with E-state index in [1.165, 1.54) is 10.5 Å². The van der Waals surface area contributed by atoms with Crippen molar-refractivity contribution >= 4 is 11.8 Å². The van der Waals surface area contributed by atoms with Crippen molar-refractivity contribution in [1.29, 1.82) is 0 Å². The maximum absolute atomic E-state index is 10.3. The molecule has 1 unspecified atom stereocenters. The molecule has 0 aromatic heterocycles. The van der Waals surface area contributed by atoms with Gasteiger partial charge < -0.3 is 10.2 Å². The molecule has 4 heteroatoms. The fourth-order valence-corrected chi connectivity index (χ4v) is 3.42. The molecular weight excluding hydrogens is 318 g/mol. The third-order valence-electron chi connectivity index (χ3n) is 4.72. The van der Waals surface area contributed by atoms with E-state index in [4.69, 9.17) is 5.11 Å². The van der Waals surface area contributed by atoms with Crippen molar-refractivity contribution in [2.24, 2.45) is 0 Å². The molecule has 0 aliphatic rings. The summed E-state index contributed by atoms with van der Waals surface area (Å²) in [6.45, 7) is 4.23. The summed E-state index contributed by atoms with van der Waals surface area (Å²) in [5.74, 6) is 0.146. The van der Waals surface area contributed by atoms with Gasteiger partial charge in [-0.1, -0.05) is 49.4 Å². The van der Waals surface area contributed by atoms with E-state index < -0.39 is 11.8 Å². The molecular formula is C20H27NO2S. The summed E-state index contributed by atoms with van der Waals surface area (Å²) < 4.78 is 0. The fourth-order valence-electron chi connectivity index (χ4n) is 3.01. The quantitative estimate of drug-likeness (QED) is 0.504. The maximum Gasteiger partial charge on any atom is 0.107 e. The fraction of sp³-hybridized carbons (Fsp3) is 0.400. The average Bonchev–Trinajstić information content (AvgIpc) is 2.62. The molecule has 24 heavy (non-hydrogen) atoms. The van der Waals surface area contributed by atoms with Gasteiger partial charge in [0, 0.05) is 29.4 Å². The number of aliphatic hydroxyl groups is 2. The van der Waals surface area contributed by atoms with Crippen LogP contribution in [-0.2, 0) is 5.54 Å². The number of benzene rings is 2. The van der Waals surface area contributed by atoms with Crippen LogP contribution in [0.15, 0.2) is 59.5 Å². The molecule has 3 nitrogen and oxygen atoms in total. The molecule has 0 fully saturated rings. The molecule has 0 saturated heterocycles. The van der Waals surface area contributed by atoms with Crippen molar-refractivity contribution in [2.75, 3.05) is 12.9 Å². The molecule has 3 atom stereocenters. The van der Waals surface area contributed by atoms with Crippen molar-refractivity contribution in [3.05, 3.63) is 65.7 Å². The zero-order chi connectivity index (χ0) is 17.6. The van der Waals surface area contributed by atoms with Crippen LogP contribution >= 0.6 is 11.8 Å². The largest absolute Gasteiger partial charge is 0.396 e. The normalized spacial score (nSPS) is 16.4. The van der Waals surface area contributed by atoms with Gasteiger partial charge in [0.05, 0.1) is 0 Å². The first-order valence-corrected chi connectivity index (χ1v) is 9.50. The number of thioether (sulfide) groups is 1. The highest BCUT2D eigenvalue weighted by atomic mass is 32.2. The highest BCUT2D eigenvalue weighted by molar-refractivity contribution is 7.98. The Morgan fingerprint density at radius 3 is 2.25 bits per heavy atom. The van der Waals surface area contributed by atoms with E-state index in [9.17, 15) is 5.11 Å². The molecule has 3 N–H and O–H groups in total. The summed E-state index contributed by atoms with van der Waals surface area (Å²) >= 11 is 1.71. The SMILES string of the molecule is CSc1ccc([C@@](C)(NC(O)CCO)[C@@H](C)c2ccccc2)cc1. The first-order chi connectivity index (χ1) is 11.5. The number of nitrogens with one attached hydrogen (secondary N) is 1. The monoisotopic (exact) mass is 345 g/mol. The molecule has 0 saturated carbocycles. The summed E-state index contributed by atoms with van der Waals surface area (Å²) in [4.78, 5) is 1.21. The van der Waals surface area contributed by atoms with Gasteiger partial charge in [-0.25, -0.2) is 0 Å². The number of hydrogen-bond acceptors (Lipinski definition) is 4. The second kappa shape index (κ2) is 8.67. The van der Waals surface area contributed by atoms with Crippen LogP contribution in [-0.4, -0.2) is 29.3 Å². The molecule has 130 valence electrons. The number of rotatable bonds is 8. The van der Waals surface area contributed by atoms with E-state index in [2.05, 4.69) is 61.8 Å². The van der Waals surface area contributed by atoms with Gasteiger partial charge in [-0.2, -0.15) is 0 Å². The molecule has 0 radical (unpaired) electrons. The van der Waals surface area contributed by atoms with Crippen molar-refractivity contribution in [3.8, 4) is 0 Å². The van der Waals surface area contributed by atoms with E-state index in [-0.39, 0.29) is 12.5 Å². The lowest BCUT2D eigenvalue weighted by Crippen LogP contribution is -2.49. The minimum Gasteiger partial charge on any atom is -0.396 e. The van der Waals surface area contributed by atoms with E-state index in [1.807, 2.05) is 18.2 Å². The Bertz CT molecular complexity index is 617. The van der Waals surface area contributed by atoms with Crippen LogP contribution in [0, 0.1) is 0 Å². The standard InChI is InChI=1S/C20H27NO2S/c1-15(16-7-5-4-6-8-16)20(2,21-19(23)13-14-22)17-9-11-18(24-3)12-10-17/h4-12,15,19,21-23H,13-14H2,1-3H3/t15-,19?,20-/m0/s1. The lowest BCUT2D eigenvalue weighted by atomic mass is 9.76. The molecule has 2 aromatic rings. The van der Waals surface area contributed by atoms with Crippen LogP contribution in [0.5, 0.6) is 0 Å². The van der Waals surface area contributed by atoms with Crippen molar-refractivity contribution in [3.63, 3.8) is 0 Å². The van der Waals surface area contributed by atoms with E-state index in [0.29, 0.717) is 6.42 Å². The number of hydrogen-bond donors (Lipinski definition) is 3. The molecule has 0 spiro atoms. The lowest BCUT2D eigenvalue weighted by molar-refractivity contribution is 0.0623. The Balaban J connectivity index is 2.39. The second-order valence-electron chi connectivity index (χ2n) is 6.24. The third kappa shape index (κ3) is 4.39.